The SMILES string of the molecule is CC[CH-]CC.[CH3-].[Zn+2]. The van der Waals surface area contributed by atoms with Crippen molar-refractivity contribution in [3.05, 3.63) is 13.8 Å². The van der Waals surface area contributed by atoms with Gasteiger partial charge in [-0.3, -0.25) is 0 Å². The maximum absolute atomic E-state index is 2.25. The molecule has 0 atom stereocenters. The molecule has 0 saturated carbocycles. The monoisotopic (exact) mass is 150 g/mol. The number of unbranched alkanes of at least 4 members (excludes halogenated alkanes) is 2. The summed E-state index contributed by atoms with van der Waals surface area (Å²) in [6, 6.07) is 0. The molecule has 1 heteroatoms. The van der Waals surface area contributed by atoms with Gasteiger partial charge in [-0.2, -0.15) is 12.8 Å². The van der Waals surface area contributed by atoms with Crippen LogP contribution in [-0.4, -0.2) is 0 Å². The fraction of sp³-hybridized carbons (Fsp3) is 0.667. The molecular weight excluding hydrogens is 137 g/mol. The molecule has 0 aliphatic rings. The Morgan fingerprint density at radius 1 is 1.14 bits per heavy atom. The van der Waals surface area contributed by atoms with Crippen LogP contribution >= 0.6 is 0 Å². The first kappa shape index (κ1) is 15.6. The summed E-state index contributed by atoms with van der Waals surface area (Å²) >= 11 is 0. The van der Waals surface area contributed by atoms with Gasteiger partial charge in [0.05, 0.1) is 0 Å². The minimum atomic E-state index is 0. The van der Waals surface area contributed by atoms with Crippen molar-refractivity contribution in [3.8, 4) is 0 Å². The molecule has 40 valence electrons. The second kappa shape index (κ2) is 16.0. The molecule has 0 radical (unpaired) electrons. The molecule has 0 spiro atoms. The fourth-order valence-corrected chi connectivity index (χ4v) is 0.289. The van der Waals surface area contributed by atoms with Crippen molar-refractivity contribution in [2.75, 3.05) is 0 Å². The Hall–Kier alpha value is 0.623. The van der Waals surface area contributed by atoms with Crippen LogP contribution in [0.15, 0.2) is 0 Å². The zero-order valence-corrected chi connectivity index (χ0v) is 8.67. The number of hydrogen-bond donors (Lipinski definition) is 0. The van der Waals surface area contributed by atoms with Gasteiger partial charge in [-0.15, -0.1) is 0 Å². The third kappa shape index (κ3) is 20.6. The minimum absolute atomic E-state index is 0. The van der Waals surface area contributed by atoms with E-state index in [1.165, 1.54) is 12.8 Å². The first-order valence-electron chi connectivity index (χ1n) is 2.23. The number of rotatable bonds is 2. The van der Waals surface area contributed by atoms with Crippen LogP contribution in [0.5, 0.6) is 0 Å². The van der Waals surface area contributed by atoms with E-state index in [9.17, 15) is 0 Å². The van der Waals surface area contributed by atoms with E-state index in [1.807, 2.05) is 0 Å². The predicted octanol–water partition coefficient (Wildman–Crippen LogP) is 2.46. The molecule has 0 nitrogen and oxygen atoms in total. The molecule has 0 aliphatic carbocycles. The quantitative estimate of drug-likeness (QED) is 0.420. The van der Waals surface area contributed by atoms with E-state index in [1.54, 1.807) is 0 Å². The zero-order chi connectivity index (χ0) is 4.12. The van der Waals surface area contributed by atoms with Gasteiger partial charge in [-0.05, 0) is 0 Å². The van der Waals surface area contributed by atoms with Crippen molar-refractivity contribution < 1.29 is 19.5 Å². The van der Waals surface area contributed by atoms with E-state index in [2.05, 4.69) is 20.3 Å². The summed E-state index contributed by atoms with van der Waals surface area (Å²) in [5, 5.41) is 0. The summed E-state index contributed by atoms with van der Waals surface area (Å²) in [6.45, 7) is 4.31. The largest absolute Gasteiger partial charge is 2.00 e. The average Bonchev–Trinajstić information content (AvgIpc) is 1.41. The fourth-order valence-electron chi connectivity index (χ4n) is 0.289. The second-order valence-corrected chi connectivity index (χ2v) is 1.11. The van der Waals surface area contributed by atoms with Crippen molar-refractivity contribution in [3.63, 3.8) is 0 Å². The smallest absolute Gasteiger partial charge is 0.358 e. The van der Waals surface area contributed by atoms with Gasteiger partial charge < -0.3 is 13.8 Å². The molecule has 0 fully saturated rings. The molecular formula is C6H14Zn. The van der Waals surface area contributed by atoms with Gasteiger partial charge in [0, 0.05) is 0 Å². The Kier molecular flexibility index (Phi) is 35.7. The molecule has 0 aromatic heterocycles. The maximum atomic E-state index is 2.25. The van der Waals surface area contributed by atoms with Crippen molar-refractivity contribution in [2.24, 2.45) is 0 Å². The van der Waals surface area contributed by atoms with Crippen molar-refractivity contribution in [1.29, 1.82) is 0 Å². The normalized spacial score (nSPS) is 6.00. The van der Waals surface area contributed by atoms with E-state index in [4.69, 9.17) is 0 Å². The first-order chi connectivity index (χ1) is 2.41. The third-order valence-electron chi connectivity index (χ3n) is 0.577. The van der Waals surface area contributed by atoms with Crippen LogP contribution in [0.25, 0.3) is 0 Å². The van der Waals surface area contributed by atoms with Gasteiger partial charge in [0.1, 0.15) is 0 Å². The molecule has 0 heterocycles. The van der Waals surface area contributed by atoms with Crippen LogP contribution in [0.1, 0.15) is 26.7 Å². The van der Waals surface area contributed by atoms with E-state index in [0.29, 0.717) is 0 Å². The van der Waals surface area contributed by atoms with Crippen LogP contribution in [0.4, 0.5) is 0 Å². The molecule has 0 aromatic rings. The molecule has 0 rings (SSSR count). The summed E-state index contributed by atoms with van der Waals surface area (Å²) in [7, 11) is 0. The molecule has 7 heavy (non-hydrogen) atoms. The molecule has 0 N–H and O–H groups in total. The molecule has 0 aromatic carbocycles. The van der Waals surface area contributed by atoms with Gasteiger partial charge >= 0.3 is 19.5 Å². The second-order valence-electron chi connectivity index (χ2n) is 1.11. The first-order valence-corrected chi connectivity index (χ1v) is 2.23. The van der Waals surface area contributed by atoms with Gasteiger partial charge in [0.2, 0.25) is 0 Å². The van der Waals surface area contributed by atoms with Gasteiger partial charge in [-0.25, -0.2) is 0 Å². The van der Waals surface area contributed by atoms with Gasteiger partial charge in [0.25, 0.3) is 0 Å². The summed E-state index contributed by atoms with van der Waals surface area (Å²) in [6.07, 6.45) is 4.69. The van der Waals surface area contributed by atoms with E-state index in [-0.39, 0.29) is 26.9 Å². The van der Waals surface area contributed by atoms with Crippen LogP contribution < -0.4 is 0 Å². The minimum Gasteiger partial charge on any atom is -0.358 e. The topological polar surface area (TPSA) is 0 Å². The van der Waals surface area contributed by atoms with Crippen molar-refractivity contribution in [1.82, 2.24) is 0 Å². The zero-order valence-electron chi connectivity index (χ0n) is 5.70. The molecule has 0 amide bonds. The Balaban J connectivity index is -0.0000000800. The summed E-state index contributed by atoms with van der Waals surface area (Å²) in [5.74, 6) is 0. The van der Waals surface area contributed by atoms with Crippen LogP contribution in [0.2, 0.25) is 0 Å². The molecule has 0 unspecified atom stereocenters. The van der Waals surface area contributed by atoms with Crippen molar-refractivity contribution >= 4 is 0 Å². The van der Waals surface area contributed by atoms with Crippen LogP contribution in [-0.2, 0) is 19.5 Å². The molecule has 0 saturated heterocycles. The third-order valence-corrected chi connectivity index (χ3v) is 0.577. The predicted molar refractivity (Wildman–Crippen MR) is 31.3 cm³/mol. The number of hydrogen-bond acceptors (Lipinski definition) is 0. The Labute approximate surface area is 60.5 Å². The Morgan fingerprint density at radius 2 is 1.43 bits per heavy atom. The molecule has 0 bridgehead atoms. The van der Waals surface area contributed by atoms with E-state index in [0.717, 1.165) is 0 Å². The standard InChI is InChI=1S/C5H11.CH3.Zn/c1-3-5-4-2;;/h5H,3-4H2,1-2H3;1H3;/q2*-1;+2. The van der Waals surface area contributed by atoms with Crippen LogP contribution in [0.3, 0.4) is 0 Å². The molecule has 0 aliphatic heterocycles. The Morgan fingerprint density at radius 3 is 1.43 bits per heavy atom. The summed E-state index contributed by atoms with van der Waals surface area (Å²) in [5.41, 5.74) is 0. The van der Waals surface area contributed by atoms with Crippen molar-refractivity contribution in [2.45, 2.75) is 26.7 Å². The van der Waals surface area contributed by atoms with Crippen LogP contribution in [0, 0.1) is 13.8 Å². The maximum Gasteiger partial charge on any atom is 2.00 e. The average molecular weight is 152 g/mol. The summed E-state index contributed by atoms with van der Waals surface area (Å²) in [4.78, 5) is 0. The van der Waals surface area contributed by atoms with E-state index >= 15 is 0 Å². The summed E-state index contributed by atoms with van der Waals surface area (Å²) < 4.78 is 0. The van der Waals surface area contributed by atoms with Gasteiger partial charge in [-0.1, -0.05) is 13.8 Å². The van der Waals surface area contributed by atoms with E-state index < -0.39 is 0 Å². The Bertz CT molecular complexity index is 11.7. The van der Waals surface area contributed by atoms with Gasteiger partial charge in [0.15, 0.2) is 0 Å².